The van der Waals surface area contributed by atoms with E-state index in [1.165, 1.54) is 154 Å². The van der Waals surface area contributed by atoms with Crippen LogP contribution in [0.25, 0.3) is 0 Å². The zero-order valence-corrected chi connectivity index (χ0v) is 26.8. The number of unbranched alkanes of at least 4 members (excludes halogenated alkanes) is 25. The zero-order valence-electron chi connectivity index (χ0n) is 26.8. The highest BCUT2D eigenvalue weighted by Gasteiger charge is 2.13. The van der Waals surface area contributed by atoms with E-state index in [0.717, 1.165) is 25.7 Å². The molecule has 0 aromatic carbocycles. The fraction of sp³-hybridized carbons (Fsp3) is 0.917. The van der Waals surface area contributed by atoms with E-state index < -0.39 is 6.10 Å². The predicted molar refractivity (Wildman–Crippen MR) is 173 cm³/mol. The van der Waals surface area contributed by atoms with Gasteiger partial charge in [-0.25, -0.2) is 0 Å². The molecule has 0 aliphatic rings. The maximum absolute atomic E-state index is 12.1. The van der Waals surface area contributed by atoms with E-state index >= 15 is 0 Å². The first kappa shape index (κ1) is 38.2. The van der Waals surface area contributed by atoms with Gasteiger partial charge in [-0.05, 0) is 38.5 Å². The van der Waals surface area contributed by atoms with Gasteiger partial charge in [-0.1, -0.05) is 174 Å². The van der Waals surface area contributed by atoms with Gasteiger partial charge in [-0.3, -0.25) is 4.79 Å². The summed E-state index contributed by atoms with van der Waals surface area (Å²) in [6.07, 6.45) is 41.3. The highest BCUT2D eigenvalue weighted by molar-refractivity contribution is 5.80. The van der Waals surface area contributed by atoms with E-state index in [-0.39, 0.29) is 5.91 Å². The molecule has 3 nitrogen and oxygen atoms in total. The van der Waals surface area contributed by atoms with Gasteiger partial charge in [0.05, 0.1) is 0 Å². The van der Waals surface area contributed by atoms with Gasteiger partial charge in [-0.15, -0.1) is 0 Å². The molecule has 232 valence electrons. The Bertz CT molecular complexity index is 504. The lowest BCUT2D eigenvalue weighted by molar-refractivity contribution is -0.129. The summed E-state index contributed by atoms with van der Waals surface area (Å²) in [6.45, 7) is 5.26. The SMILES string of the molecule is CCCCCCCC/C=C\CCCCCCC(O)C(=O)NCCCCCCCCCCCCCCCCCC. The highest BCUT2D eigenvalue weighted by atomic mass is 16.3. The molecular formula is C36H71NO2. The largest absolute Gasteiger partial charge is 0.383 e. The number of amides is 1. The summed E-state index contributed by atoms with van der Waals surface area (Å²) in [4.78, 5) is 12.1. The van der Waals surface area contributed by atoms with Crippen molar-refractivity contribution < 1.29 is 9.90 Å². The molecule has 0 aromatic heterocycles. The van der Waals surface area contributed by atoms with Crippen LogP contribution >= 0.6 is 0 Å². The number of rotatable bonds is 32. The van der Waals surface area contributed by atoms with Crippen molar-refractivity contribution in [3.05, 3.63) is 12.2 Å². The van der Waals surface area contributed by atoms with Gasteiger partial charge in [-0.2, -0.15) is 0 Å². The molecule has 0 aliphatic heterocycles. The predicted octanol–water partition coefficient (Wildman–Crippen LogP) is 11.4. The molecule has 1 amide bonds. The van der Waals surface area contributed by atoms with Crippen LogP contribution in [0.4, 0.5) is 0 Å². The van der Waals surface area contributed by atoms with Gasteiger partial charge >= 0.3 is 0 Å². The topological polar surface area (TPSA) is 49.3 Å². The van der Waals surface area contributed by atoms with E-state index in [2.05, 4.69) is 31.3 Å². The fourth-order valence-corrected chi connectivity index (χ4v) is 5.37. The van der Waals surface area contributed by atoms with Crippen molar-refractivity contribution in [1.29, 1.82) is 0 Å². The van der Waals surface area contributed by atoms with Crippen LogP contribution in [0, 0.1) is 0 Å². The number of hydrogen-bond donors (Lipinski definition) is 2. The van der Waals surface area contributed by atoms with E-state index in [9.17, 15) is 9.90 Å². The van der Waals surface area contributed by atoms with Crippen LogP contribution in [0.2, 0.25) is 0 Å². The van der Waals surface area contributed by atoms with Crippen LogP contribution in [0.1, 0.15) is 200 Å². The Morgan fingerprint density at radius 3 is 1.26 bits per heavy atom. The minimum Gasteiger partial charge on any atom is -0.383 e. The molecule has 1 unspecified atom stereocenters. The van der Waals surface area contributed by atoms with Crippen LogP contribution in [-0.2, 0) is 4.79 Å². The maximum Gasteiger partial charge on any atom is 0.248 e. The highest BCUT2D eigenvalue weighted by Crippen LogP contribution is 2.14. The quantitative estimate of drug-likeness (QED) is 0.0647. The fourth-order valence-electron chi connectivity index (χ4n) is 5.37. The Hall–Kier alpha value is -0.830. The van der Waals surface area contributed by atoms with Crippen molar-refractivity contribution in [3.63, 3.8) is 0 Å². The second-order valence-corrected chi connectivity index (χ2v) is 12.1. The Morgan fingerprint density at radius 2 is 0.846 bits per heavy atom. The third kappa shape index (κ3) is 31.6. The molecular weight excluding hydrogens is 478 g/mol. The van der Waals surface area contributed by atoms with Crippen molar-refractivity contribution >= 4 is 5.91 Å². The van der Waals surface area contributed by atoms with Crippen LogP contribution < -0.4 is 5.32 Å². The Labute approximate surface area is 245 Å². The molecule has 1 atom stereocenters. The van der Waals surface area contributed by atoms with Crippen LogP contribution in [-0.4, -0.2) is 23.7 Å². The lowest BCUT2D eigenvalue weighted by atomic mass is 10.0. The summed E-state index contributed by atoms with van der Waals surface area (Å²) in [5.41, 5.74) is 0. The zero-order chi connectivity index (χ0) is 28.5. The number of aliphatic hydroxyl groups is 1. The van der Waals surface area contributed by atoms with Crippen molar-refractivity contribution in [1.82, 2.24) is 5.32 Å². The summed E-state index contributed by atoms with van der Waals surface area (Å²) in [5.74, 6) is -0.173. The van der Waals surface area contributed by atoms with Gasteiger partial charge in [0.15, 0.2) is 0 Å². The Balaban J connectivity index is 3.31. The van der Waals surface area contributed by atoms with Gasteiger partial charge < -0.3 is 10.4 Å². The summed E-state index contributed by atoms with van der Waals surface area (Å²) in [6, 6.07) is 0. The molecule has 0 bridgehead atoms. The molecule has 0 saturated heterocycles. The van der Waals surface area contributed by atoms with Crippen molar-refractivity contribution in [2.75, 3.05) is 6.54 Å². The van der Waals surface area contributed by atoms with Gasteiger partial charge in [0.25, 0.3) is 0 Å². The van der Waals surface area contributed by atoms with Crippen molar-refractivity contribution in [2.24, 2.45) is 0 Å². The smallest absolute Gasteiger partial charge is 0.248 e. The molecule has 0 radical (unpaired) electrons. The lowest BCUT2D eigenvalue weighted by Crippen LogP contribution is -2.35. The average molecular weight is 550 g/mol. The van der Waals surface area contributed by atoms with Crippen LogP contribution in [0.15, 0.2) is 12.2 Å². The first-order chi connectivity index (χ1) is 19.2. The first-order valence-electron chi connectivity index (χ1n) is 17.8. The molecule has 0 heterocycles. The normalized spacial score (nSPS) is 12.4. The summed E-state index contributed by atoms with van der Waals surface area (Å²) in [7, 11) is 0. The molecule has 0 aliphatic carbocycles. The summed E-state index contributed by atoms with van der Waals surface area (Å²) >= 11 is 0. The second-order valence-electron chi connectivity index (χ2n) is 12.1. The van der Waals surface area contributed by atoms with Gasteiger partial charge in [0.2, 0.25) is 5.91 Å². The molecule has 3 heteroatoms. The number of nitrogens with one attached hydrogen (secondary N) is 1. The lowest BCUT2D eigenvalue weighted by Gasteiger charge is -2.11. The molecule has 0 spiro atoms. The summed E-state index contributed by atoms with van der Waals surface area (Å²) in [5, 5.41) is 13.1. The third-order valence-corrected chi connectivity index (χ3v) is 8.12. The van der Waals surface area contributed by atoms with E-state index in [0.29, 0.717) is 13.0 Å². The van der Waals surface area contributed by atoms with Crippen molar-refractivity contribution in [2.45, 2.75) is 206 Å². The average Bonchev–Trinajstić information content (AvgIpc) is 2.94. The molecule has 39 heavy (non-hydrogen) atoms. The molecule has 0 aromatic rings. The van der Waals surface area contributed by atoms with Gasteiger partial charge in [0, 0.05) is 6.54 Å². The number of aliphatic hydroxyl groups excluding tert-OH is 1. The third-order valence-electron chi connectivity index (χ3n) is 8.12. The number of carbonyl (C=O) groups is 1. The number of carbonyl (C=O) groups excluding carboxylic acids is 1. The second kappa shape index (κ2) is 33.4. The van der Waals surface area contributed by atoms with Crippen molar-refractivity contribution in [3.8, 4) is 0 Å². The molecule has 2 N–H and O–H groups in total. The Morgan fingerprint density at radius 1 is 0.513 bits per heavy atom. The van der Waals surface area contributed by atoms with Crippen LogP contribution in [0.5, 0.6) is 0 Å². The minimum absolute atomic E-state index is 0.173. The molecule has 0 saturated carbocycles. The Kier molecular flexibility index (Phi) is 32.7. The van der Waals surface area contributed by atoms with E-state index in [1.54, 1.807) is 0 Å². The monoisotopic (exact) mass is 550 g/mol. The van der Waals surface area contributed by atoms with E-state index in [4.69, 9.17) is 0 Å². The van der Waals surface area contributed by atoms with Gasteiger partial charge in [0.1, 0.15) is 6.10 Å². The van der Waals surface area contributed by atoms with E-state index in [1.807, 2.05) is 0 Å². The maximum atomic E-state index is 12.1. The number of hydrogen-bond acceptors (Lipinski definition) is 2. The standard InChI is InChI=1S/C36H71NO2/c1-3-5-7-9-11-13-15-17-19-20-22-24-26-28-30-32-34-37-36(39)35(38)33-31-29-27-25-23-21-18-16-14-12-10-8-6-4-2/h18,21,35,38H,3-17,19-20,22-34H2,1-2H3,(H,37,39)/b21-18-. The first-order valence-corrected chi connectivity index (χ1v) is 17.8. The van der Waals surface area contributed by atoms with Crippen LogP contribution in [0.3, 0.4) is 0 Å². The minimum atomic E-state index is -0.830. The number of allylic oxidation sites excluding steroid dienone is 2. The summed E-state index contributed by atoms with van der Waals surface area (Å²) < 4.78 is 0. The molecule has 0 fully saturated rings. The molecule has 0 rings (SSSR count).